The molecule has 0 bridgehead atoms. The van der Waals surface area contributed by atoms with E-state index >= 15 is 0 Å². The summed E-state index contributed by atoms with van der Waals surface area (Å²) in [7, 11) is -4.10. The molecule has 10 nitrogen and oxygen atoms in total. The number of aliphatic hydroxyl groups is 1. The molecule has 4 atom stereocenters. The molecule has 38 heavy (non-hydrogen) atoms. The van der Waals surface area contributed by atoms with Gasteiger partial charge in [-0.1, -0.05) is 17.7 Å². The maximum absolute atomic E-state index is 13.6. The number of rotatable bonds is 8. The van der Waals surface area contributed by atoms with Crippen molar-refractivity contribution in [2.75, 3.05) is 18.5 Å². The van der Waals surface area contributed by atoms with Crippen molar-refractivity contribution in [3.63, 3.8) is 0 Å². The number of hydrogen-bond acceptors (Lipinski definition) is 10. The molecule has 3 aromatic rings. The number of benzene rings is 1. The van der Waals surface area contributed by atoms with Crippen LogP contribution in [0.4, 0.5) is 5.82 Å². The third kappa shape index (κ3) is 5.91. The Labute approximate surface area is 229 Å². The van der Waals surface area contributed by atoms with Gasteiger partial charge in [0, 0.05) is 34.6 Å². The van der Waals surface area contributed by atoms with Gasteiger partial charge in [0.1, 0.15) is 12.1 Å². The molecule has 1 aliphatic carbocycles. The number of hydrogen-bond donors (Lipinski definition) is 4. The molecule has 0 radical (unpaired) electrons. The molecule has 5 rings (SSSR count). The molecule has 1 fully saturated rings. The van der Waals surface area contributed by atoms with Crippen molar-refractivity contribution < 1.29 is 22.5 Å². The highest BCUT2D eigenvalue weighted by atomic mass is 35.5. The van der Waals surface area contributed by atoms with Gasteiger partial charge in [0.25, 0.3) is 0 Å². The molecule has 2 aromatic heterocycles. The van der Waals surface area contributed by atoms with Gasteiger partial charge >= 0.3 is 10.3 Å². The maximum Gasteiger partial charge on any atom is 0.333 e. The number of nitrogens with two attached hydrogens (primary N) is 1. The zero-order valence-electron chi connectivity index (χ0n) is 20.6. The highest BCUT2D eigenvalue weighted by Crippen LogP contribution is 2.37. The Morgan fingerprint density at radius 3 is 2.92 bits per heavy atom. The van der Waals surface area contributed by atoms with Gasteiger partial charge in [0.15, 0.2) is 0 Å². The second-order valence-electron chi connectivity index (χ2n) is 9.63. The highest BCUT2D eigenvalue weighted by Gasteiger charge is 2.35. The molecule has 13 heteroatoms. The summed E-state index contributed by atoms with van der Waals surface area (Å²) < 4.78 is 26.9. The topological polar surface area (TPSA) is 157 Å². The number of anilines is 1. The first-order chi connectivity index (χ1) is 18.1. The van der Waals surface area contributed by atoms with Crippen molar-refractivity contribution in [3.05, 3.63) is 73.8 Å². The highest BCUT2D eigenvalue weighted by molar-refractivity contribution is 7.84. The fourth-order valence-corrected chi connectivity index (χ4v) is 6.77. The number of aromatic nitrogens is 2. The van der Waals surface area contributed by atoms with E-state index in [1.807, 2.05) is 25.1 Å². The number of aliphatic hydroxyl groups excluding tert-OH is 1. The molecule has 0 spiro atoms. The molecule has 1 unspecified atom stereocenters. The zero-order valence-corrected chi connectivity index (χ0v) is 22.9. The summed E-state index contributed by atoms with van der Waals surface area (Å²) in [5.41, 5.74) is 3.71. The van der Waals surface area contributed by atoms with Gasteiger partial charge in [-0.3, -0.25) is 8.98 Å². The Hall–Kier alpha value is -2.45. The van der Waals surface area contributed by atoms with E-state index in [1.54, 1.807) is 0 Å². The van der Waals surface area contributed by atoms with Crippen LogP contribution in [0.2, 0.25) is 5.02 Å². The summed E-state index contributed by atoms with van der Waals surface area (Å²) in [4.78, 5) is 23.6. The molecular weight excluding hydrogens is 550 g/mol. The first-order valence-corrected chi connectivity index (χ1v) is 14.8. The Kier molecular flexibility index (Phi) is 7.83. The van der Waals surface area contributed by atoms with Gasteiger partial charge in [-0.25, -0.2) is 15.1 Å². The smallest absolute Gasteiger partial charge is 0.333 e. The molecule has 1 saturated carbocycles. The van der Waals surface area contributed by atoms with Crippen LogP contribution in [0.1, 0.15) is 55.7 Å². The average molecular weight is 578 g/mol. The van der Waals surface area contributed by atoms with Gasteiger partial charge in [-0.15, -0.1) is 11.3 Å². The van der Waals surface area contributed by atoms with Crippen LogP contribution in [0.5, 0.6) is 0 Å². The summed E-state index contributed by atoms with van der Waals surface area (Å²) in [6.07, 6.45) is 3.73. The third-order valence-electron chi connectivity index (χ3n) is 7.05. The Morgan fingerprint density at radius 2 is 2.13 bits per heavy atom. The van der Waals surface area contributed by atoms with E-state index < -0.39 is 22.3 Å². The quantitative estimate of drug-likeness (QED) is 0.295. The van der Waals surface area contributed by atoms with Crippen molar-refractivity contribution in [2.45, 2.75) is 44.4 Å². The third-order valence-corrected chi connectivity index (χ3v) is 8.82. The molecule has 0 saturated heterocycles. The van der Waals surface area contributed by atoms with Crippen molar-refractivity contribution in [3.8, 4) is 0 Å². The van der Waals surface area contributed by atoms with Gasteiger partial charge in [0.05, 0.1) is 29.2 Å². The van der Waals surface area contributed by atoms with Gasteiger partial charge in [-0.2, -0.15) is 8.42 Å². The lowest BCUT2D eigenvalue weighted by molar-refractivity contribution is 0.101. The number of fused-ring (bicyclic) bond motifs is 1. The van der Waals surface area contributed by atoms with E-state index in [4.69, 9.17) is 16.7 Å². The lowest BCUT2D eigenvalue weighted by atomic mass is 9.90. The second-order valence-corrected chi connectivity index (χ2v) is 12.5. The Balaban J connectivity index is 1.35. The minimum atomic E-state index is -4.10. The van der Waals surface area contributed by atoms with Crippen LogP contribution in [-0.2, 0) is 20.9 Å². The first-order valence-electron chi connectivity index (χ1n) is 12.2. The summed E-state index contributed by atoms with van der Waals surface area (Å²) in [6.45, 7) is 2.62. The first kappa shape index (κ1) is 27.1. The largest absolute Gasteiger partial charge is 0.393 e. The number of aryl methyl sites for hydroxylation is 1. The molecule has 0 amide bonds. The van der Waals surface area contributed by atoms with Crippen molar-refractivity contribution in [1.29, 1.82) is 0 Å². The van der Waals surface area contributed by atoms with Crippen molar-refractivity contribution in [1.82, 2.24) is 15.3 Å². The summed E-state index contributed by atoms with van der Waals surface area (Å²) in [5, 5.41) is 22.7. The van der Waals surface area contributed by atoms with Crippen molar-refractivity contribution >= 4 is 44.8 Å². The number of ketones is 1. The zero-order chi connectivity index (χ0) is 27.0. The fourth-order valence-electron chi connectivity index (χ4n) is 5.21. The van der Waals surface area contributed by atoms with Crippen LogP contribution in [0.15, 0.2) is 36.8 Å². The minimum Gasteiger partial charge on any atom is -0.393 e. The van der Waals surface area contributed by atoms with E-state index in [-0.39, 0.29) is 24.5 Å². The Bertz CT molecular complexity index is 1460. The number of halogens is 1. The van der Waals surface area contributed by atoms with E-state index in [9.17, 15) is 18.3 Å². The number of carbonyl (C=O) groups is 1. The van der Waals surface area contributed by atoms with Crippen LogP contribution in [-0.4, -0.2) is 54.6 Å². The van der Waals surface area contributed by atoms with Gasteiger partial charge < -0.3 is 15.7 Å². The van der Waals surface area contributed by atoms with E-state index in [2.05, 4.69) is 30.9 Å². The minimum absolute atomic E-state index is 0.0590. The monoisotopic (exact) mass is 577 g/mol. The molecule has 1 aromatic carbocycles. The summed E-state index contributed by atoms with van der Waals surface area (Å²) in [6, 6.07) is 7.57. The molecule has 202 valence electrons. The standard InChI is InChI=1S/C25H28ClN5O5S2/c1-13-18(23-19-7-16(26)3-2-14(19)4-5-29-23)9-22(37-13)24(33)20-10-28-12-30-25(20)31-17-6-15(21(32)8-17)11-36-38(27,34)35/h2-3,7,9-10,12,15,17,21,23,29,32H,4-6,8,11H2,1H3,(H2,27,34,35)(H,28,30,31)/t15?,17-,21+,23+/m1/s1. The summed E-state index contributed by atoms with van der Waals surface area (Å²) in [5.74, 6) is -0.272. The van der Waals surface area contributed by atoms with E-state index in [1.165, 1.54) is 29.4 Å². The number of nitrogens with one attached hydrogen (secondary N) is 2. The average Bonchev–Trinajstić information content (AvgIpc) is 3.43. The van der Waals surface area contributed by atoms with E-state index in [0.29, 0.717) is 34.1 Å². The molecule has 1 aliphatic heterocycles. The van der Waals surface area contributed by atoms with Crippen LogP contribution < -0.4 is 15.8 Å². The fraction of sp³-hybridized carbons (Fsp3) is 0.400. The van der Waals surface area contributed by atoms with Crippen LogP contribution in [0.3, 0.4) is 0 Å². The lowest BCUT2D eigenvalue weighted by Gasteiger charge is -2.27. The lowest BCUT2D eigenvalue weighted by Crippen LogP contribution is -2.30. The van der Waals surface area contributed by atoms with Gasteiger partial charge in [0.2, 0.25) is 5.78 Å². The summed E-state index contributed by atoms with van der Waals surface area (Å²) >= 11 is 7.71. The number of carbonyl (C=O) groups excluding carboxylic acids is 1. The SMILES string of the molecule is Cc1sc(C(=O)c2cncnc2N[C@@H]2CC(COS(N)(=O)=O)[C@@H](O)C2)cc1[C@@H]1NCCc2ccc(Cl)cc21. The maximum atomic E-state index is 13.6. The van der Waals surface area contributed by atoms with Crippen LogP contribution in [0, 0.1) is 12.8 Å². The molecular formula is C25H28ClN5O5S2. The van der Waals surface area contributed by atoms with Crippen molar-refractivity contribution in [2.24, 2.45) is 11.1 Å². The molecule has 3 heterocycles. The number of thiophene rings is 1. The normalized spacial score (nSPS) is 23.3. The molecule has 5 N–H and O–H groups in total. The molecule has 2 aliphatic rings. The Morgan fingerprint density at radius 1 is 1.32 bits per heavy atom. The predicted octanol–water partition coefficient (Wildman–Crippen LogP) is 2.74. The van der Waals surface area contributed by atoms with E-state index in [0.717, 1.165) is 29.0 Å². The van der Waals surface area contributed by atoms with Gasteiger partial charge in [-0.05, 0) is 61.1 Å². The number of nitrogens with zero attached hydrogens (tertiary/aromatic N) is 2. The van der Waals surface area contributed by atoms with Crippen LogP contribution >= 0.6 is 22.9 Å². The predicted molar refractivity (Wildman–Crippen MR) is 145 cm³/mol. The van der Waals surface area contributed by atoms with Crippen LogP contribution in [0.25, 0.3) is 0 Å². The second kappa shape index (κ2) is 11.0.